The summed E-state index contributed by atoms with van der Waals surface area (Å²) in [5.41, 5.74) is 0.632. The van der Waals surface area contributed by atoms with E-state index < -0.39 is 18.8 Å². The molecule has 1 aliphatic carbocycles. The number of carbonyl (C=O) groups excluding carboxylic acids is 4. The number of methoxy groups -OCH3 is 1. The van der Waals surface area contributed by atoms with E-state index in [1.165, 1.54) is 25.4 Å². The smallest absolute Gasteiger partial charge is 0.273 e. The second-order valence-electron chi connectivity index (χ2n) is 9.61. The number of rotatable bonds is 9. The molecule has 41 heavy (non-hydrogen) atoms. The van der Waals surface area contributed by atoms with Gasteiger partial charge in [0.15, 0.2) is 17.3 Å². The molecule has 3 heterocycles. The average Bonchev–Trinajstić information content (AvgIpc) is 3.70. The highest BCUT2D eigenvalue weighted by Crippen LogP contribution is 2.34. The van der Waals surface area contributed by atoms with Crippen molar-refractivity contribution in [3.05, 3.63) is 59.5 Å². The summed E-state index contributed by atoms with van der Waals surface area (Å²) >= 11 is 0. The third-order valence-corrected chi connectivity index (χ3v) is 6.69. The van der Waals surface area contributed by atoms with E-state index in [1.54, 1.807) is 29.2 Å². The average molecular weight is 562 g/mol. The van der Waals surface area contributed by atoms with Crippen LogP contribution in [-0.2, 0) is 4.79 Å². The minimum Gasteiger partial charge on any atom is -0.494 e. The number of ether oxygens (including phenoxy) is 1. The maximum atomic E-state index is 13.3. The number of carbonyl (C=O) groups is 4. The molecule has 0 bridgehead atoms. The highest BCUT2D eigenvalue weighted by atomic mass is 16.5. The SMILES string of the molecule is [2H]C([2H])([2H])NC(=O)c1nnc(NC(=O)C2CC2)cc1Nc1cccc(C(=O)Nc2ccc(C(=O)N3CCCC3)nc2)c1OC. The third kappa shape index (κ3) is 6.24. The zero-order valence-electron chi connectivity index (χ0n) is 25.2. The van der Waals surface area contributed by atoms with Crippen LogP contribution in [0.3, 0.4) is 0 Å². The molecule has 0 radical (unpaired) electrons. The lowest BCUT2D eigenvalue weighted by atomic mass is 10.1. The molecule has 2 aliphatic rings. The normalized spacial score (nSPS) is 15.6. The molecular formula is C28H30N8O5. The first-order valence-corrected chi connectivity index (χ1v) is 13.0. The number of pyridine rings is 1. The van der Waals surface area contributed by atoms with Crippen LogP contribution in [0.25, 0.3) is 0 Å². The predicted octanol–water partition coefficient (Wildman–Crippen LogP) is 2.82. The van der Waals surface area contributed by atoms with Gasteiger partial charge in [0.25, 0.3) is 17.7 Å². The van der Waals surface area contributed by atoms with Gasteiger partial charge in [-0.05, 0) is 49.9 Å². The van der Waals surface area contributed by atoms with Crippen LogP contribution in [0.1, 0.15) is 61.1 Å². The highest BCUT2D eigenvalue weighted by Gasteiger charge is 2.30. The van der Waals surface area contributed by atoms with Gasteiger partial charge < -0.3 is 30.9 Å². The lowest BCUT2D eigenvalue weighted by molar-refractivity contribution is -0.117. The van der Waals surface area contributed by atoms with Gasteiger partial charge in [-0.25, -0.2) is 4.98 Å². The summed E-state index contributed by atoms with van der Waals surface area (Å²) in [5, 5.41) is 17.9. The second-order valence-corrected chi connectivity index (χ2v) is 9.61. The van der Waals surface area contributed by atoms with Gasteiger partial charge in [0.2, 0.25) is 5.91 Å². The number of anilines is 4. The maximum absolute atomic E-state index is 13.3. The minimum atomic E-state index is -2.79. The summed E-state index contributed by atoms with van der Waals surface area (Å²) in [4.78, 5) is 56.9. The van der Waals surface area contributed by atoms with Crippen molar-refractivity contribution in [2.45, 2.75) is 25.7 Å². The van der Waals surface area contributed by atoms with Gasteiger partial charge in [0.1, 0.15) is 5.69 Å². The fraction of sp³-hybridized carbons (Fsp3) is 0.321. The van der Waals surface area contributed by atoms with E-state index in [4.69, 9.17) is 8.85 Å². The first kappa shape index (κ1) is 23.8. The van der Waals surface area contributed by atoms with E-state index >= 15 is 0 Å². The van der Waals surface area contributed by atoms with Gasteiger partial charge in [0.05, 0.1) is 35.9 Å². The Labute approximate surface area is 240 Å². The predicted molar refractivity (Wildman–Crippen MR) is 150 cm³/mol. The molecule has 1 saturated carbocycles. The van der Waals surface area contributed by atoms with Crippen molar-refractivity contribution in [1.29, 1.82) is 0 Å². The van der Waals surface area contributed by atoms with Crippen molar-refractivity contribution < 1.29 is 28.0 Å². The van der Waals surface area contributed by atoms with Crippen molar-refractivity contribution in [3.63, 3.8) is 0 Å². The Hall–Kier alpha value is -5.07. The van der Waals surface area contributed by atoms with E-state index in [9.17, 15) is 19.2 Å². The summed E-state index contributed by atoms with van der Waals surface area (Å²) in [5.74, 6) is -1.97. The third-order valence-electron chi connectivity index (χ3n) is 6.69. The van der Waals surface area contributed by atoms with Gasteiger partial charge >= 0.3 is 0 Å². The summed E-state index contributed by atoms with van der Waals surface area (Å²) in [6.45, 7) is -1.40. The molecule has 5 rings (SSSR count). The van der Waals surface area contributed by atoms with Crippen molar-refractivity contribution in [2.75, 3.05) is 43.1 Å². The monoisotopic (exact) mass is 561 g/mol. The fourth-order valence-corrected chi connectivity index (χ4v) is 4.40. The fourth-order valence-electron chi connectivity index (χ4n) is 4.40. The van der Waals surface area contributed by atoms with E-state index in [2.05, 4.69) is 31.1 Å². The molecule has 0 unspecified atom stereocenters. The molecule has 1 saturated heterocycles. The van der Waals surface area contributed by atoms with Crippen molar-refractivity contribution in [1.82, 2.24) is 25.4 Å². The molecule has 4 N–H and O–H groups in total. The summed E-state index contributed by atoms with van der Waals surface area (Å²) in [6.07, 6.45) is 4.83. The van der Waals surface area contributed by atoms with Crippen LogP contribution >= 0.6 is 0 Å². The number of benzene rings is 1. The van der Waals surface area contributed by atoms with Gasteiger partial charge in [-0.1, -0.05) is 6.07 Å². The Morgan fingerprint density at radius 2 is 1.80 bits per heavy atom. The molecule has 2 aromatic heterocycles. The molecule has 2 fully saturated rings. The first-order valence-electron chi connectivity index (χ1n) is 14.5. The number of hydrogen-bond donors (Lipinski definition) is 4. The first-order chi connectivity index (χ1) is 21.0. The Kier molecular flexibility index (Phi) is 6.95. The van der Waals surface area contributed by atoms with E-state index in [0.717, 1.165) is 25.7 Å². The number of amides is 4. The van der Waals surface area contributed by atoms with Crippen LogP contribution in [0, 0.1) is 5.92 Å². The van der Waals surface area contributed by atoms with Crippen LogP contribution in [0.15, 0.2) is 42.6 Å². The number of aromatic nitrogens is 3. The van der Waals surface area contributed by atoms with E-state index in [0.29, 0.717) is 18.8 Å². The van der Waals surface area contributed by atoms with E-state index in [-0.39, 0.29) is 57.6 Å². The quantitative estimate of drug-likeness (QED) is 0.307. The lowest BCUT2D eigenvalue weighted by Crippen LogP contribution is -2.28. The van der Waals surface area contributed by atoms with Gasteiger partial charge in [-0.15, -0.1) is 10.2 Å². The highest BCUT2D eigenvalue weighted by molar-refractivity contribution is 6.08. The lowest BCUT2D eigenvalue weighted by Gasteiger charge is -2.17. The van der Waals surface area contributed by atoms with Gasteiger partial charge in [-0.3, -0.25) is 19.2 Å². The Morgan fingerprint density at radius 3 is 2.49 bits per heavy atom. The number of hydrogen-bond acceptors (Lipinski definition) is 9. The molecular weight excluding hydrogens is 528 g/mol. The second kappa shape index (κ2) is 12.0. The van der Waals surface area contributed by atoms with Crippen LogP contribution in [-0.4, -0.2) is 70.9 Å². The van der Waals surface area contributed by atoms with Gasteiger partial charge in [-0.2, -0.15) is 0 Å². The molecule has 1 aromatic carbocycles. The van der Waals surface area contributed by atoms with Crippen LogP contribution in [0.2, 0.25) is 0 Å². The summed E-state index contributed by atoms with van der Waals surface area (Å²) in [7, 11) is 1.35. The number of likely N-dealkylation sites (tertiary alicyclic amines) is 1. The largest absolute Gasteiger partial charge is 0.494 e. The van der Waals surface area contributed by atoms with Crippen molar-refractivity contribution in [3.8, 4) is 5.75 Å². The topological polar surface area (TPSA) is 168 Å². The van der Waals surface area contributed by atoms with Crippen LogP contribution in [0.5, 0.6) is 5.75 Å². The number of para-hydroxylation sites is 1. The Balaban J connectivity index is 1.38. The van der Waals surface area contributed by atoms with Gasteiger partial charge in [0, 0.05) is 36.2 Å². The van der Waals surface area contributed by atoms with E-state index in [1.807, 2.05) is 5.32 Å². The maximum Gasteiger partial charge on any atom is 0.273 e. The number of nitrogens with zero attached hydrogens (tertiary/aromatic N) is 4. The summed E-state index contributed by atoms with van der Waals surface area (Å²) in [6, 6.07) is 9.13. The standard InChI is InChI=1S/C28H30N8O5/c1-29-27(39)23-21(14-22(34-35-23)33-25(37)16-8-9-16)32-19-7-5-6-18(24(19)41-2)26(38)31-17-10-11-20(30-15-17)28(40)36-12-3-4-13-36/h5-7,10-11,14-16H,3-4,8-9,12-13H2,1-2H3,(H,29,39)(H,31,38)(H2,32,33,34,37)/i1D3. The molecule has 13 heteroatoms. The molecule has 0 atom stereocenters. The molecule has 0 spiro atoms. The van der Waals surface area contributed by atoms with Crippen LogP contribution in [0.4, 0.5) is 22.9 Å². The molecule has 13 nitrogen and oxygen atoms in total. The molecule has 4 amide bonds. The molecule has 3 aromatic rings. The number of nitrogens with one attached hydrogen (secondary N) is 4. The Bertz CT molecular complexity index is 1590. The minimum absolute atomic E-state index is 0.00571. The van der Waals surface area contributed by atoms with Crippen molar-refractivity contribution >= 4 is 46.5 Å². The molecule has 212 valence electrons. The zero-order valence-corrected chi connectivity index (χ0v) is 22.2. The Morgan fingerprint density at radius 1 is 1.00 bits per heavy atom. The summed E-state index contributed by atoms with van der Waals surface area (Å²) < 4.78 is 27.7. The van der Waals surface area contributed by atoms with Crippen LogP contribution < -0.4 is 26.0 Å². The molecule has 1 aliphatic heterocycles. The van der Waals surface area contributed by atoms with Crippen molar-refractivity contribution in [2.24, 2.45) is 5.92 Å². The zero-order chi connectivity index (χ0) is 31.4.